The van der Waals surface area contributed by atoms with Crippen molar-refractivity contribution in [2.45, 2.75) is 13.0 Å². The number of aromatic nitrogens is 1. The van der Waals surface area contributed by atoms with Gasteiger partial charge in [-0.15, -0.1) is 0 Å². The summed E-state index contributed by atoms with van der Waals surface area (Å²) < 4.78 is 26.9. The highest BCUT2D eigenvalue weighted by molar-refractivity contribution is 6.30. The van der Waals surface area contributed by atoms with Gasteiger partial charge in [0, 0.05) is 23.0 Å². The summed E-state index contributed by atoms with van der Waals surface area (Å²) in [5.74, 6) is -1.53. The fourth-order valence-electron chi connectivity index (χ4n) is 1.57. The molecule has 0 fully saturated rings. The van der Waals surface area contributed by atoms with Crippen LogP contribution in [-0.4, -0.2) is 10.1 Å². The smallest absolute Gasteiger partial charge is 0.142 e. The highest BCUT2D eigenvalue weighted by atomic mass is 35.5. The van der Waals surface area contributed by atoms with E-state index in [2.05, 4.69) is 4.98 Å². The van der Waals surface area contributed by atoms with Gasteiger partial charge < -0.3 is 5.11 Å². The molecule has 0 spiro atoms. The second-order valence-electron chi connectivity index (χ2n) is 3.92. The number of aryl methyl sites for hydroxylation is 1. The van der Waals surface area contributed by atoms with Crippen LogP contribution in [0.2, 0.25) is 5.02 Å². The lowest BCUT2D eigenvalue weighted by atomic mass is 10.0. The van der Waals surface area contributed by atoms with Crippen molar-refractivity contribution >= 4 is 11.6 Å². The van der Waals surface area contributed by atoms with Gasteiger partial charge >= 0.3 is 0 Å². The molecule has 1 heterocycles. The lowest BCUT2D eigenvalue weighted by molar-refractivity contribution is 0.214. The number of aliphatic hydroxyl groups excluding tert-OH is 1. The predicted molar refractivity (Wildman–Crippen MR) is 64.4 cm³/mol. The second kappa shape index (κ2) is 5.00. The van der Waals surface area contributed by atoms with Crippen molar-refractivity contribution in [3.8, 4) is 0 Å². The molecule has 1 unspecified atom stereocenters. The van der Waals surface area contributed by atoms with Crippen LogP contribution in [0, 0.1) is 18.6 Å². The molecule has 5 heteroatoms. The zero-order valence-corrected chi connectivity index (χ0v) is 10.2. The summed E-state index contributed by atoms with van der Waals surface area (Å²) in [6.45, 7) is 1.79. The van der Waals surface area contributed by atoms with Crippen LogP contribution >= 0.6 is 11.6 Å². The molecule has 1 aromatic carbocycles. The van der Waals surface area contributed by atoms with Crippen molar-refractivity contribution in [2.24, 2.45) is 0 Å². The van der Waals surface area contributed by atoms with Crippen molar-refractivity contribution in [3.63, 3.8) is 0 Å². The lowest BCUT2D eigenvalue weighted by Crippen LogP contribution is -2.04. The summed E-state index contributed by atoms with van der Waals surface area (Å²) in [5.41, 5.74) is 0.998. The molecule has 1 aromatic heterocycles. The maximum atomic E-state index is 13.6. The molecular formula is C13H10ClF2NO. The minimum Gasteiger partial charge on any atom is -0.383 e. The first kappa shape index (κ1) is 12.9. The first-order valence-electron chi connectivity index (χ1n) is 5.24. The van der Waals surface area contributed by atoms with Crippen LogP contribution in [-0.2, 0) is 0 Å². The fourth-order valence-corrected chi connectivity index (χ4v) is 1.72. The highest BCUT2D eigenvalue weighted by Crippen LogP contribution is 2.27. The fraction of sp³-hybridized carbons (Fsp3) is 0.154. The average Bonchev–Trinajstić information content (AvgIpc) is 2.34. The maximum Gasteiger partial charge on any atom is 0.142 e. The Balaban J connectivity index is 2.42. The minimum absolute atomic E-state index is 0.164. The number of pyridine rings is 1. The van der Waals surface area contributed by atoms with Gasteiger partial charge in [0.25, 0.3) is 0 Å². The van der Waals surface area contributed by atoms with Gasteiger partial charge in [0.15, 0.2) is 0 Å². The summed E-state index contributed by atoms with van der Waals surface area (Å²) in [6, 6.07) is 5.03. The topological polar surface area (TPSA) is 33.1 Å². The number of halogens is 3. The Bertz CT molecular complexity index is 572. The monoisotopic (exact) mass is 269 g/mol. The molecule has 1 atom stereocenters. The number of rotatable bonds is 2. The van der Waals surface area contributed by atoms with E-state index in [9.17, 15) is 13.9 Å². The Kier molecular flexibility index (Phi) is 3.59. The number of hydrogen-bond donors (Lipinski definition) is 1. The van der Waals surface area contributed by atoms with Crippen LogP contribution in [0.1, 0.15) is 22.9 Å². The third-order valence-electron chi connectivity index (χ3n) is 2.58. The molecule has 0 radical (unpaired) electrons. The largest absolute Gasteiger partial charge is 0.383 e. The van der Waals surface area contributed by atoms with E-state index in [-0.39, 0.29) is 10.6 Å². The van der Waals surface area contributed by atoms with E-state index < -0.39 is 17.7 Å². The van der Waals surface area contributed by atoms with Crippen molar-refractivity contribution < 1.29 is 13.9 Å². The van der Waals surface area contributed by atoms with Crippen LogP contribution < -0.4 is 0 Å². The molecule has 0 amide bonds. The van der Waals surface area contributed by atoms with Gasteiger partial charge in [-0.1, -0.05) is 17.7 Å². The summed E-state index contributed by atoms with van der Waals surface area (Å²) in [6.07, 6.45) is 0.149. The van der Waals surface area contributed by atoms with E-state index in [0.29, 0.717) is 5.56 Å². The van der Waals surface area contributed by atoms with Crippen LogP contribution in [0.4, 0.5) is 8.78 Å². The van der Waals surface area contributed by atoms with Gasteiger partial charge in [0.2, 0.25) is 0 Å². The Hall–Kier alpha value is -1.52. The summed E-state index contributed by atoms with van der Waals surface area (Å²) >= 11 is 5.45. The van der Waals surface area contributed by atoms with E-state index >= 15 is 0 Å². The third-order valence-corrected chi connectivity index (χ3v) is 2.87. The van der Waals surface area contributed by atoms with Gasteiger partial charge in [-0.3, -0.25) is 4.98 Å². The predicted octanol–water partition coefficient (Wildman–Crippen LogP) is 3.40. The lowest BCUT2D eigenvalue weighted by Gasteiger charge is -2.12. The normalized spacial score (nSPS) is 12.5. The zero-order valence-electron chi connectivity index (χ0n) is 9.49. The Morgan fingerprint density at radius 3 is 2.56 bits per heavy atom. The Morgan fingerprint density at radius 2 is 1.94 bits per heavy atom. The molecule has 0 saturated heterocycles. The SMILES string of the molecule is Cc1ccc(C(O)c2cc(F)c(Cl)cc2F)cn1. The van der Waals surface area contributed by atoms with E-state index in [1.165, 1.54) is 6.20 Å². The Morgan fingerprint density at radius 1 is 1.22 bits per heavy atom. The molecule has 0 aliphatic rings. The number of nitrogens with zero attached hydrogens (tertiary/aromatic N) is 1. The Labute approximate surface area is 108 Å². The van der Waals surface area contributed by atoms with E-state index in [1.54, 1.807) is 19.1 Å². The van der Waals surface area contributed by atoms with E-state index in [1.807, 2.05) is 0 Å². The van der Waals surface area contributed by atoms with Gasteiger partial charge in [0.1, 0.15) is 17.7 Å². The molecule has 0 aliphatic heterocycles. The molecule has 0 saturated carbocycles. The average molecular weight is 270 g/mol. The van der Waals surface area contributed by atoms with E-state index in [4.69, 9.17) is 11.6 Å². The highest BCUT2D eigenvalue weighted by Gasteiger charge is 2.18. The van der Waals surface area contributed by atoms with Gasteiger partial charge in [-0.25, -0.2) is 8.78 Å². The molecule has 18 heavy (non-hydrogen) atoms. The van der Waals surface area contributed by atoms with E-state index in [0.717, 1.165) is 17.8 Å². The van der Waals surface area contributed by atoms with Crippen LogP contribution in [0.25, 0.3) is 0 Å². The van der Waals surface area contributed by atoms with Crippen molar-refractivity contribution in [1.82, 2.24) is 4.98 Å². The molecule has 0 bridgehead atoms. The van der Waals surface area contributed by atoms with Crippen LogP contribution in [0.15, 0.2) is 30.5 Å². The molecule has 94 valence electrons. The van der Waals surface area contributed by atoms with Crippen molar-refractivity contribution in [2.75, 3.05) is 0 Å². The molecule has 2 nitrogen and oxygen atoms in total. The number of aliphatic hydroxyl groups is 1. The van der Waals surface area contributed by atoms with Crippen LogP contribution in [0.5, 0.6) is 0 Å². The van der Waals surface area contributed by atoms with Crippen LogP contribution in [0.3, 0.4) is 0 Å². The van der Waals surface area contributed by atoms with Gasteiger partial charge in [-0.05, 0) is 25.1 Å². The number of benzene rings is 1. The zero-order chi connectivity index (χ0) is 13.3. The minimum atomic E-state index is -1.27. The second-order valence-corrected chi connectivity index (χ2v) is 4.33. The molecule has 1 N–H and O–H groups in total. The summed E-state index contributed by atoms with van der Waals surface area (Å²) in [7, 11) is 0. The summed E-state index contributed by atoms with van der Waals surface area (Å²) in [4.78, 5) is 3.99. The first-order chi connectivity index (χ1) is 8.49. The third kappa shape index (κ3) is 2.49. The molecule has 2 aromatic rings. The standard InChI is InChI=1S/C13H10ClF2NO/c1-7-2-3-8(6-17-7)13(18)9-4-12(16)10(14)5-11(9)15/h2-6,13,18H,1H3. The molecule has 2 rings (SSSR count). The molecule has 0 aliphatic carbocycles. The van der Waals surface area contributed by atoms with Crippen molar-refractivity contribution in [3.05, 3.63) is 63.9 Å². The first-order valence-corrected chi connectivity index (χ1v) is 5.62. The molecular weight excluding hydrogens is 260 g/mol. The van der Waals surface area contributed by atoms with Gasteiger partial charge in [0.05, 0.1) is 5.02 Å². The van der Waals surface area contributed by atoms with Gasteiger partial charge in [-0.2, -0.15) is 0 Å². The quantitative estimate of drug-likeness (QED) is 0.848. The van der Waals surface area contributed by atoms with Crippen molar-refractivity contribution in [1.29, 1.82) is 0 Å². The number of hydrogen-bond acceptors (Lipinski definition) is 2. The summed E-state index contributed by atoms with van der Waals surface area (Å²) in [5, 5.41) is 9.67. The maximum absolute atomic E-state index is 13.6.